The van der Waals surface area contributed by atoms with Gasteiger partial charge in [-0.15, -0.1) is 11.3 Å². The van der Waals surface area contributed by atoms with Gasteiger partial charge in [-0.3, -0.25) is 19.3 Å². The van der Waals surface area contributed by atoms with E-state index in [0.717, 1.165) is 12.1 Å². The minimum Gasteiger partial charge on any atom is -0.368 e. The maximum atomic E-state index is 13.4. The maximum absolute atomic E-state index is 13.4. The third-order valence-electron chi connectivity index (χ3n) is 7.63. The maximum Gasteiger partial charge on any atom is 0.251 e. The van der Waals surface area contributed by atoms with Crippen molar-refractivity contribution in [3.05, 3.63) is 46.8 Å². The predicted molar refractivity (Wildman–Crippen MR) is 144 cm³/mol. The fourth-order valence-corrected chi connectivity index (χ4v) is 6.77. The van der Waals surface area contributed by atoms with E-state index in [0.29, 0.717) is 24.9 Å². The molecule has 0 saturated carbocycles. The number of ether oxygens (including phenoxy) is 1. The topological polar surface area (TPSA) is 79.0 Å². The third kappa shape index (κ3) is 5.97. The molecule has 3 atom stereocenters. The molecular formula is C29H37N3O4S. The fraction of sp³-hybridized carbons (Fsp3) is 0.552. The predicted octanol–water partition coefficient (Wildman–Crippen LogP) is 4.11. The molecule has 0 bridgehead atoms. The molecule has 0 unspecified atom stereocenters. The Balaban J connectivity index is 1.23. The number of likely N-dealkylation sites (tertiary alicyclic amines) is 2. The van der Waals surface area contributed by atoms with E-state index in [2.05, 4.69) is 22.3 Å². The molecule has 4 heterocycles. The van der Waals surface area contributed by atoms with Crippen LogP contribution in [0.1, 0.15) is 61.2 Å². The lowest BCUT2D eigenvalue weighted by Gasteiger charge is -2.28. The number of fused-ring (bicyclic) bond motifs is 1. The van der Waals surface area contributed by atoms with Crippen LogP contribution in [-0.4, -0.2) is 71.8 Å². The van der Waals surface area contributed by atoms with E-state index in [9.17, 15) is 14.4 Å². The SMILES string of the molecule is CC(C)C[C@H](NC(=O)c1ccc(-c2ccc(CN3CCCCC3)s2)cc1)C(=O)N1CC[C@H]2OCC(=O)[C@H]21. The number of ketones is 1. The molecule has 3 fully saturated rings. The van der Waals surface area contributed by atoms with Crippen molar-refractivity contribution in [2.24, 2.45) is 5.92 Å². The first kappa shape index (κ1) is 26.1. The smallest absolute Gasteiger partial charge is 0.251 e. The minimum absolute atomic E-state index is 0.0475. The summed E-state index contributed by atoms with van der Waals surface area (Å²) in [6, 6.07) is 10.8. The van der Waals surface area contributed by atoms with Gasteiger partial charge in [-0.25, -0.2) is 0 Å². The van der Waals surface area contributed by atoms with Crippen LogP contribution in [0, 0.1) is 5.92 Å². The Bertz CT molecular complexity index is 1120. The van der Waals surface area contributed by atoms with E-state index in [4.69, 9.17) is 4.74 Å². The molecule has 198 valence electrons. The molecule has 5 rings (SSSR count). The first-order valence-corrected chi connectivity index (χ1v) is 14.4. The second-order valence-electron chi connectivity index (χ2n) is 10.9. The van der Waals surface area contributed by atoms with Crippen LogP contribution >= 0.6 is 11.3 Å². The summed E-state index contributed by atoms with van der Waals surface area (Å²) < 4.78 is 5.54. The second kappa shape index (κ2) is 11.5. The Kier molecular flexibility index (Phi) is 8.07. The first-order chi connectivity index (χ1) is 17.9. The molecule has 37 heavy (non-hydrogen) atoms. The van der Waals surface area contributed by atoms with Crippen LogP contribution in [0.25, 0.3) is 10.4 Å². The van der Waals surface area contributed by atoms with E-state index < -0.39 is 12.1 Å². The Morgan fingerprint density at radius 2 is 1.81 bits per heavy atom. The van der Waals surface area contributed by atoms with Gasteiger partial charge >= 0.3 is 0 Å². The lowest BCUT2D eigenvalue weighted by Crippen LogP contribution is -2.52. The average molecular weight is 524 g/mol. The van der Waals surface area contributed by atoms with Crippen molar-refractivity contribution in [2.45, 2.75) is 70.7 Å². The van der Waals surface area contributed by atoms with Gasteiger partial charge in [0.2, 0.25) is 5.91 Å². The molecular weight excluding hydrogens is 486 g/mol. The molecule has 3 aliphatic rings. The van der Waals surface area contributed by atoms with E-state index in [1.807, 2.05) is 38.1 Å². The van der Waals surface area contributed by atoms with Gasteiger partial charge in [0.05, 0.1) is 6.10 Å². The molecule has 7 nitrogen and oxygen atoms in total. The van der Waals surface area contributed by atoms with Crippen LogP contribution in [0.3, 0.4) is 0 Å². The van der Waals surface area contributed by atoms with Gasteiger partial charge in [0.25, 0.3) is 5.91 Å². The summed E-state index contributed by atoms with van der Waals surface area (Å²) in [5.74, 6) is -0.297. The average Bonchev–Trinajstić information content (AvgIpc) is 3.62. The molecule has 1 aromatic heterocycles. The van der Waals surface area contributed by atoms with Crippen LogP contribution < -0.4 is 5.32 Å². The van der Waals surface area contributed by atoms with Crippen molar-refractivity contribution < 1.29 is 19.1 Å². The molecule has 1 N–H and O–H groups in total. The van der Waals surface area contributed by atoms with Crippen molar-refractivity contribution in [2.75, 3.05) is 26.2 Å². The number of rotatable bonds is 8. The zero-order valence-corrected chi connectivity index (χ0v) is 22.6. The Morgan fingerprint density at radius 1 is 1.05 bits per heavy atom. The van der Waals surface area contributed by atoms with E-state index in [1.165, 1.54) is 42.1 Å². The second-order valence-corrected chi connectivity index (χ2v) is 12.1. The summed E-state index contributed by atoms with van der Waals surface area (Å²) in [5.41, 5.74) is 1.61. The lowest BCUT2D eigenvalue weighted by atomic mass is 10.0. The quantitative estimate of drug-likeness (QED) is 0.563. The van der Waals surface area contributed by atoms with Gasteiger partial charge in [-0.1, -0.05) is 32.4 Å². The third-order valence-corrected chi connectivity index (χ3v) is 8.75. The Morgan fingerprint density at radius 3 is 2.54 bits per heavy atom. The van der Waals surface area contributed by atoms with Crippen molar-refractivity contribution in [1.29, 1.82) is 0 Å². The molecule has 2 amide bonds. The van der Waals surface area contributed by atoms with E-state index >= 15 is 0 Å². The molecule has 0 spiro atoms. The number of hydrogen-bond donors (Lipinski definition) is 1. The molecule has 0 aliphatic carbocycles. The normalized spacial score (nSPS) is 22.9. The van der Waals surface area contributed by atoms with Gasteiger partial charge < -0.3 is 15.0 Å². The Hall–Kier alpha value is -2.55. The van der Waals surface area contributed by atoms with Crippen LogP contribution in [0.4, 0.5) is 0 Å². The van der Waals surface area contributed by atoms with Crippen LogP contribution in [0.5, 0.6) is 0 Å². The highest BCUT2D eigenvalue weighted by molar-refractivity contribution is 7.15. The van der Waals surface area contributed by atoms with Gasteiger partial charge in [-0.05, 0) is 74.5 Å². The van der Waals surface area contributed by atoms with Gasteiger partial charge in [0.15, 0.2) is 5.78 Å². The zero-order valence-electron chi connectivity index (χ0n) is 21.8. The monoisotopic (exact) mass is 523 g/mol. The minimum atomic E-state index is -0.672. The van der Waals surface area contributed by atoms with Crippen molar-refractivity contribution >= 4 is 28.9 Å². The summed E-state index contributed by atoms with van der Waals surface area (Å²) in [7, 11) is 0. The number of carbonyl (C=O) groups excluding carboxylic acids is 3. The van der Waals surface area contributed by atoms with Gasteiger partial charge in [0.1, 0.15) is 18.7 Å². The molecule has 2 aromatic rings. The standard InChI is InChI=1S/C29H37N3O4S/c1-19(2)16-23(29(35)32-15-12-25-27(32)24(33)18-36-25)30-28(34)21-8-6-20(7-9-21)26-11-10-22(37-26)17-31-13-4-3-5-14-31/h6-11,19,23,25,27H,3-5,12-18H2,1-2H3,(H,30,34)/t23-,25+,27+/m0/s1. The van der Waals surface area contributed by atoms with Gasteiger partial charge in [-0.2, -0.15) is 0 Å². The molecule has 0 radical (unpaired) electrons. The fourth-order valence-electron chi connectivity index (χ4n) is 5.72. The highest BCUT2D eigenvalue weighted by atomic mass is 32.1. The summed E-state index contributed by atoms with van der Waals surface area (Å²) in [4.78, 5) is 45.6. The number of piperidine rings is 1. The van der Waals surface area contributed by atoms with E-state index in [1.54, 1.807) is 16.2 Å². The van der Waals surface area contributed by atoms with Gasteiger partial charge in [0, 0.05) is 28.4 Å². The number of carbonyl (C=O) groups is 3. The van der Waals surface area contributed by atoms with Crippen molar-refractivity contribution in [3.8, 4) is 10.4 Å². The summed E-state index contributed by atoms with van der Waals surface area (Å²) in [6.45, 7) is 7.97. The number of Topliss-reactive ketones (excluding diaryl/α,β-unsaturated/α-hetero) is 1. The van der Waals surface area contributed by atoms with Crippen LogP contribution in [0.15, 0.2) is 36.4 Å². The number of amides is 2. The van der Waals surface area contributed by atoms with Crippen LogP contribution in [-0.2, 0) is 20.9 Å². The summed E-state index contributed by atoms with van der Waals surface area (Å²) in [6.07, 6.45) is 4.88. The number of benzene rings is 1. The molecule has 8 heteroatoms. The molecule has 3 saturated heterocycles. The van der Waals surface area contributed by atoms with E-state index in [-0.39, 0.29) is 36.2 Å². The first-order valence-electron chi connectivity index (χ1n) is 13.6. The highest BCUT2D eigenvalue weighted by Gasteiger charge is 2.48. The Labute approximate surface area is 223 Å². The largest absolute Gasteiger partial charge is 0.368 e. The summed E-state index contributed by atoms with van der Waals surface area (Å²) in [5, 5.41) is 2.96. The highest BCUT2D eigenvalue weighted by Crippen LogP contribution is 2.30. The zero-order chi connectivity index (χ0) is 25.9. The summed E-state index contributed by atoms with van der Waals surface area (Å²) >= 11 is 1.81. The number of hydrogen-bond acceptors (Lipinski definition) is 6. The molecule has 3 aliphatic heterocycles. The van der Waals surface area contributed by atoms with Crippen molar-refractivity contribution in [3.63, 3.8) is 0 Å². The number of nitrogens with zero attached hydrogens (tertiary/aromatic N) is 2. The van der Waals surface area contributed by atoms with Crippen molar-refractivity contribution in [1.82, 2.24) is 15.1 Å². The number of thiophene rings is 1. The molecule has 1 aromatic carbocycles. The lowest BCUT2D eigenvalue weighted by molar-refractivity contribution is -0.138. The number of nitrogens with one attached hydrogen (secondary N) is 1. The van der Waals surface area contributed by atoms with Crippen LogP contribution in [0.2, 0.25) is 0 Å².